The highest BCUT2D eigenvalue weighted by molar-refractivity contribution is 5.87. The number of carbonyl (C=O) groups excluding carboxylic acids is 2. The van der Waals surface area contributed by atoms with Gasteiger partial charge in [-0.3, -0.25) is 4.79 Å². The summed E-state index contributed by atoms with van der Waals surface area (Å²) in [5.41, 5.74) is 4.23. The first-order valence-corrected chi connectivity index (χ1v) is 9.99. The molecule has 0 bridgehead atoms. The molecule has 0 aliphatic heterocycles. The Morgan fingerprint density at radius 2 is 0.967 bits per heavy atom. The van der Waals surface area contributed by atoms with E-state index in [2.05, 4.69) is 0 Å². The maximum absolute atomic E-state index is 11.3. The fourth-order valence-corrected chi connectivity index (χ4v) is 1.98. The van der Waals surface area contributed by atoms with Crippen LogP contribution in [0.15, 0.2) is 107 Å². The van der Waals surface area contributed by atoms with Gasteiger partial charge >= 0.3 is 5.97 Å². The van der Waals surface area contributed by atoms with Gasteiger partial charge in [0.15, 0.2) is 5.78 Å². The van der Waals surface area contributed by atoms with Crippen LogP contribution in [-0.4, -0.2) is 18.4 Å². The molecule has 3 nitrogen and oxygen atoms in total. The molecule has 0 saturated heterocycles. The Balaban J connectivity index is 4.66. The van der Waals surface area contributed by atoms with Crippen molar-refractivity contribution in [3.05, 3.63) is 107 Å². The molecule has 0 saturated carbocycles. The van der Waals surface area contributed by atoms with Gasteiger partial charge in [0, 0.05) is 6.08 Å². The monoisotopic (exact) mass is 406 g/mol. The minimum Gasteiger partial charge on any atom is -0.463 e. The lowest BCUT2D eigenvalue weighted by Crippen LogP contribution is -1.98. The molecule has 0 unspecified atom stereocenters. The van der Waals surface area contributed by atoms with Crippen LogP contribution < -0.4 is 0 Å². The molecule has 0 aromatic carbocycles. The molecule has 0 radical (unpaired) electrons. The number of carbonyl (C=O) groups is 2. The maximum atomic E-state index is 11.3. The van der Waals surface area contributed by atoms with Crippen LogP contribution in [0.2, 0.25) is 0 Å². The largest absolute Gasteiger partial charge is 0.463 e. The van der Waals surface area contributed by atoms with Crippen LogP contribution in [0.25, 0.3) is 0 Å². The van der Waals surface area contributed by atoms with Gasteiger partial charge in [-0.25, -0.2) is 4.79 Å². The van der Waals surface area contributed by atoms with Crippen molar-refractivity contribution in [3.63, 3.8) is 0 Å². The van der Waals surface area contributed by atoms with E-state index in [1.807, 2.05) is 88.5 Å². The Morgan fingerprint density at radius 1 is 0.567 bits per heavy atom. The second-order valence-electron chi connectivity index (χ2n) is 6.78. The fraction of sp³-hybridized carbons (Fsp3) is 0.259. The summed E-state index contributed by atoms with van der Waals surface area (Å²) in [4.78, 5) is 22.2. The van der Waals surface area contributed by atoms with E-state index >= 15 is 0 Å². The van der Waals surface area contributed by atoms with Gasteiger partial charge < -0.3 is 4.74 Å². The standard InChI is InChI=1S/C27H34O3/c1-7-30-27(29)21-19-25(5)17-11-15-23(3)13-9-8-12-22(2)14-10-16-24(4)18-20-26(6)28/h8-21H,7H2,1-6H3/b9-8+,14-10+,15-11+,20-18+,21-19+,22-12+,23-13+,24-16+,25-17+. The molecule has 0 heterocycles. The predicted octanol–water partition coefficient (Wildman–Crippen LogP) is 6.70. The third-order valence-electron chi connectivity index (χ3n) is 3.62. The molecule has 0 rings (SSSR count). The first-order valence-electron chi connectivity index (χ1n) is 9.99. The fourth-order valence-electron chi connectivity index (χ4n) is 1.98. The zero-order valence-electron chi connectivity index (χ0n) is 19.0. The van der Waals surface area contributed by atoms with Gasteiger partial charge in [0.1, 0.15) is 0 Å². The Kier molecular flexibility index (Phi) is 14.9. The van der Waals surface area contributed by atoms with Gasteiger partial charge in [-0.1, -0.05) is 95.2 Å². The van der Waals surface area contributed by atoms with Crippen molar-refractivity contribution in [1.82, 2.24) is 0 Å². The van der Waals surface area contributed by atoms with Gasteiger partial charge in [-0.2, -0.15) is 0 Å². The number of hydrogen-bond acceptors (Lipinski definition) is 3. The molecular formula is C27H34O3. The minimum absolute atomic E-state index is 0.0446. The third kappa shape index (κ3) is 16.9. The normalized spacial score (nSPS) is 14.9. The molecule has 3 heteroatoms. The number of esters is 1. The van der Waals surface area contributed by atoms with Crippen molar-refractivity contribution >= 4 is 11.8 Å². The van der Waals surface area contributed by atoms with E-state index in [-0.39, 0.29) is 11.8 Å². The Labute approximate surface area is 181 Å². The first-order chi connectivity index (χ1) is 14.2. The number of allylic oxidation sites excluding steroid dienone is 17. The van der Waals surface area contributed by atoms with Crippen LogP contribution in [0.5, 0.6) is 0 Å². The molecule has 0 amide bonds. The van der Waals surface area contributed by atoms with Gasteiger partial charge in [-0.05, 0) is 47.6 Å². The van der Waals surface area contributed by atoms with Crippen LogP contribution in [0.4, 0.5) is 0 Å². The van der Waals surface area contributed by atoms with Crippen molar-refractivity contribution < 1.29 is 14.3 Å². The lowest BCUT2D eigenvalue weighted by atomic mass is 10.2. The van der Waals surface area contributed by atoms with Crippen LogP contribution in [0.1, 0.15) is 41.5 Å². The summed E-state index contributed by atoms with van der Waals surface area (Å²) in [7, 11) is 0. The number of rotatable bonds is 11. The molecule has 0 atom stereocenters. The molecule has 0 spiro atoms. The summed E-state index contributed by atoms with van der Waals surface area (Å²) in [5, 5.41) is 0. The van der Waals surface area contributed by atoms with Gasteiger partial charge in [0.05, 0.1) is 6.61 Å². The molecule has 0 N–H and O–H groups in total. The highest BCUT2D eigenvalue weighted by atomic mass is 16.5. The predicted molar refractivity (Wildman–Crippen MR) is 128 cm³/mol. The zero-order chi connectivity index (χ0) is 22.8. The SMILES string of the molecule is CCOC(=O)/C=C/C(C)=C/C=C/C(C)=C/C=C/C=C(C)/C=C/C=C(C)/C=C/C(C)=O. The maximum Gasteiger partial charge on any atom is 0.330 e. The Hall–Kier alpha value is -3.20. The van der Waals surface area contributed by atoms with Crippen molar-refractivity contribution in [2.45, 2.75) is 41.5 Å². The molecule has 0 aromatic heterocycles. The van der Waals surface area contributed by atoms with E-state index in [4.69, 9.17) is 4.74 Å². The molecule has 0 aliphatic rings. The van der Waals surface area contributed by atoms with Crippen LogP contribution >= 0.6 is 0 Å². The smallest absolute Gasteiger partial charge is 0.330 e. The number of hydrogen-bond donors (Lipinski definition) is 0. The van der Waals surface area contributed by atoms with Gasteiger partial charge in [-0.15, -0.1) is 0 Å². The third-order valence-corrected chi connectivity index (χ3v) is 3.62. The summed E-state index contributed by atoms with van der Waals surface area (Å²) >= 11 is 0. The summed E-state index contributed by atoms with van der Waals surface area (Å²) in [5.74, 6) is -0.284. The Morgan fingerprint density at radius 3 is 1.40 bits per heavy atom. The van der Waals surface area contributed by atoms with Gasteiger partial charge in [0.25, 0.3) is 0 Å². The molecule has 160 valence electrons. The van der Waals surface area contributed by atoms with Crippen molar-refractivity contribution in [1.29, 1.82) is 0 Å². The first kappa shape index (κ1) is 26.8. The zero-order valence-corrected chi connectivity index (χ0v) is 19.0. The number of ether oxygens (including phenoxy) is 1. The van der Waals surface area contributed by atoms with E-state index in [1.165, 1.54) is 13.0 Å². The van der Waals surface area contributed by atoms with Crippen LogP contribution in [0, 0.1) is 0 Å². The van der Waals surface area contributed by atoms with E-state index in [1.54, 1.807) is 25.2 Å². The van der Waals surface area contributed by atoms with Crippen LogP contribution in [-0.2, 0) is 14.3 Å². The van der Waals surface area contributed by atoms with Gasteiger partial charge in [0.2, 0.25) is 0 Å². The Bertz CT molecular complexity index is 835. The number of ketones is 1. The van der Waals surface area contributed by atoms with Crippen LogP contribution in [0.3, 0.4) is 0 Å². The second kappa shape index (κ2) is 16.7. The summed E-state index contributed by atoms with van der Waals surface area (Å²) in [6.45, 7) is 11.6. The lowest BCUT2D eigenvalue weighted by molar-refractivity contribution is -0.137. The van der Waals surface area contributed by atoms with Crippen molar-refractivity contribution in [3.8, 4) is 0 Å². The lowest BCUT2D eigenvalue weighted by Gasteiger charge is -1.94. The summed E-state index contributed by atoms with van der Waals surface area (Å²) in [6.07, 6.45) is 26.4. The average Bonchev–Trinajstić information content (AvgIpc) is 2.68. The van der Waals surface area contributed by atoms with E-state index in [0.29, 0.717) is 6.61 Å². The van der Waals surface area contributed by atoms with Crippen molar-refractivity contribution in [2.24, 2.45) is 0 Å². The second-order valence-corrected chi connectivity index (χ2v) is 6.78. The van der Waals surface area contributed by atoms with E-state index < -0.39 is 0 Å². The molecule has 0 aromatic rings. The highest BCUT2D eigenvalue weighted by Crippen LogP contribution is 2.02. The highest BCUT2D eigenvalue weighted by Gasteiger charge is 1.92. The molecule has 0 fully saturated rings. The molecule has 30 heavy (non-hydrogen) atoms. The molecular weight excluding hydrogens is 372 g/mol. The molecule has 0 aliphatic carbocycles. The minimum atomic E-state index is -0.329. The van der Waals surface area contributed by atoms with Crippen molar-refractivity contribution in [2.75, 3.05) is 6.61 Å². The van der Waals surface area contributed by atoms with E-state index in [0.717, 1.165) is 22.3 Å². The summed E-state index contributed by atoms with van der Waals surface area (Å²) in [6, 6.07) is 0. The summed E-state index contributed by atoms with van der Waals surface area (Å²) < 4.78 is 4.84. The average molecular weight is 407 g/mol. The topological polar surface area (TPSA) is 43.4 Å². The quantitative estimate of drug-likeness (QED) is 0.218. The van der Waals surface area contributed by atoms with E-state index in [9.17, 15) is 9.59 Å².